The van der Waals surface area contributed by atoms with Crippen LogP contribution in [0.15, 0.2) is 0 Å². The fourth-order valence-electron chi connectivity index (χ4n) is 1.94. The van der Waals surface area contributed by atoms with Crippen LogP contribution in [0.5, 0.6) is 0 Å². The van der Waals surface area contributed by atoms with Crippen LogP contribution >= 0.6 is 0 Å². The van der Waals surface area contributed by atoms with E-state index in [4.69, 9.17) is 5.73 Å². The van der Waals surface area contributed by atoms with Gasteiger partial charge < -0.3 is 10.6 Å². The molecule has 3 heteroatoms. The first-order valence-electron chi connectivity index (χ1n) is 7.92. The summed E-state index contributed by atoms with van der Waals surface area (Å²) < 4.78 is 0. The number of carbonyl (C=O) groups excluding carboxylic acids is 1. The summed E-state index contributed by atoms with van der Waals surface area (Å²) in [4.78, 5) is 14.4. The number of carbonyl (C=O) groups is 1. The standard InChI is InChI=1S/C16H34N2O/c1-6-7-8-15(17)16(19)18(11-9-13(2)3)12-10-14(4)5/h13-15H,6-12,17H2,1-5H3/t15-/m0/s1. The Bertz CT molecular complexity index is 227. The van der Waals surface area contributed by atoms with E-state index in [-0.39, 0.29) is 11.9 Å². The zero-order chi connectivity index (χ0) is 14.8. The fourth-order valence-corrected chi connectivity index (χ4v) is 1.94. The van der Waals surface area contributed by atoms with Gasteiger partial charge in [0.2, 0.25) is 5.91 Å². The van der Waals surface area contributed by atoms with Crippen molar-refractivity contribution in [3.63, 3.8) is 0 Å². The van der Waals surface area contributed by atoms with Gasteiger partial charge in [-0.05, 0) is 31.1 Å². The maximum absolute atomic E-state index is 12.4. The summed E-state index contributed by atoms with van der Waals surface area (Å²) in [5.74, 6) is 1.40. The minimum Gasteiger partial charge on any atom is -0.341 e. The summed E-state index contributed by atoms with van der Waals surface area (Å²) in [7, 11) is 0. The summed E-state index contributed by atoms with van der Waals surface area (Å²) in [6.07, 6.45) is 5.07. The lowest BCUT2D eigenvalue weighted by molar-refractivity contribution is -0.133. The van der Waals surface area contributed by atoms with Crippen molar-refractivity contribution in [1.82, 2.24) is 4.90 Å². The Morgan fingerprint density at radius 1 is 1.00 bits per heavy atom. The second-order valence-electron chi connectivity index (χ2n) is 6.44. The first-order chi connectivity index (χ1) is 8.88. The molecule has 0 spiro atoms. The molecule has 0 rings (SSSR count). The molecule has 0 aromatic carbocycles. The van der Waals surface area contributed by atoms with Gasteiger partial charge in [-0.2, -0.15) is 0 Å². The smallest absolute Gasteiger partial charge is 0.239 e. The van der Waals surface area contributed by atoms with Crippen LogP contribution < -0.4 is 5.73 Å². The number of nitrogens with zero attached hydrogens (tertiary/aromatic N) is 1. The van der Waals surface area contributed by atoms with E-state index in [1.54, 1.807) is 0 Å². The van der Waals surface area contributed by atoms with E-state index in [1.807, 2.05) is 4.90 Å². The molecule has 114 valence electrons. The van der Waals surface area contributed by atoms with Gasteiger partial charge in [0.15, 0.2) is 0 Å². The van der Waals surface area contributed by atoms with Crippen LogP contribution in [0.4, 0.5) is 0 Å². The van der Waals surface area contributed by atoms with E-state index >= 15 is 0 Å². The van der Waals surface area contributed by atoms with Gasteiger partial charge in [-0.1, -0.05) is 47.5 Å². The Balaban J connectivity index is 4.38. The molecule has 0 heterocycles. The lowest BCUT2D eigenvalue weighted by atomic mass is 10.1. The molecular formula is C16H34N2O. The molecule has 0 aliphatic heterocycles. The highest BCUT2D eigenvalue weighted by Gasteiger charge is 2.20. The molecule has 3 nitrogen and oxygen atoms in total. The molecule has 2 N–H and O–H groups in total. The monoisotopic (exact) mass is 270 g/mol. The van der Waals surface area contributed by atoms with Crippen LogP contribution in [-0.2, 0) is 4.79 Å². The first kappa shape index (κ1) is 18.4. The van der Waals surface area contributed by atoms with E-state index in [9.17, 15) is 4.79 Å². The Labute approximate surface area is 119 Å². The SMILES string of the molecule is CCCC[C@H](N)C(=O)N(CCC(C)C)CCC(C)C. The van der Waals surface area contributed by atoms with Crippen LogP contribution in [0, 0.1) is 11.8 Å². The Morgan fingerprint density at radius 2 is 1.47 bits per heavy atom. The quantitative estimate of drug-likeness (QED) is 0.661. The predicted molar refractivity (Wildman–Crippen MR) is 83.0 cm³/mol. The minimum absolute atomic E-state index is 0.148. The van der Waals surface area contributed by atoms with Crippen LogP contribution in [0.3, 0.4) is 0 Å². The molecule has 0 saturated heterocycles. The van der Waals surface area contributed by atoms with E-state index in [2.05, 4.69) is 34.6 Å². The Hall–Kier alpha value is -0.570. The summed E-state index contributed by atoms with van der Waals surface area (Å²) in [6.45, 7) is 12.6. The second kappa shape index (κ2) is 10.2. The van der Waals surface area contributed by atoms with Gasteiger partial charge in [-0.3, -0.25) is 4.79 Å². The topological polar surface area (TPSA) is 46.3 Å². The highest BCUT2D eigenvalue weighted by Crippen LogP contribution is 2.10. The molecule has 0 fully saturated rings. The first-order valence-corrected chi connectivity index (χ1v) is 7.92. The van der Waals surface area contributed by atoms with Gasteiger partial charge in [0.1, 0.15) is 0 Å². The number of unbranched alkanes of at least 4 members (excludes halogenated alkanes) is 1. The van der Waals surface area contributed by atoms with Crippen LogP contribution in [0.1, 0.15) is 66.7 Å². The van der Waals surface area contributed by atoms with Crippen molar-refractivity contribution in [2.75, 3.05) is 13.1 Å². The van der Waals surface area contributed by atoms with E-state index < -0.39 is 0 Å². The average Bonchev–Trinajstić information content (AvgIpc) is 2.34. The van der Waals surface area contributed by atoms with Crippen molar-refractivity contribution in [1.29, 1.82) is 0 Å². The van der Waals surface area contributed by atoms with Gasteiger partial charge in [0.05, 0.1) is 6.04 Å². The molecule has 0 aromatic heterocycles. The minimum atomic E-state index is -0.306. The third-order valence-corrected chi connectivity index (χ3v) is 3.45. The lowest BCUT2D eigenvalue weighted by Gasteiger charge is -2.27. The van der Waals surface area contributed by atoms with Crippen molar-refractivity contribution in [3.05, 3.63) is 0 Å². The highest BCUT2D eigenvalue weighted by atomic mass is 16.2. The maximum atomic E-state index is 12.4. The third kappa shape index (κ3) is 9.04. The largest absolute Gasteiger partial charge is 0.341 e. The molecule has 0 saturated carbocycles. The normalized spacial score (nSPS) is 13.1. The van der Waals surface area contributed by atoms with Gasteiger partial charge in [0.25, 0.3) is 0 Å². The number of nitrogens with two attached hydrogens (primary N) is 1. The molecule has 1 atom stereocenters. The predicted octanol–water partition coefficient (Wildman–Crippen LogP) is 3.42. The highest BCUT2D eigenvalue weighted by molar-refractivity contribution is 5.81. The fraction of sp³-hybridized carbons (Fsp3) is 0.938. The zero-order valence-electron chi connectivity index (χ0n) is 13.6. The van der Waals surface area contributed by atoms with Crippen LogP contribution in [0.25, 0.3) is 0 Å². The molecule has 0 radical (unpaired) electrons. The van der Waals surface area contributed by atoms with Gasteiger partial charge >= 0.3 is 0 Å². The number of hydrogen-bond donors (Lipinski definition) is 1. The molecule has 0 aliphatic rings. The molecule has 0 bridgehead atoms. The van der Waals surface area contributed by atoms with E-state index in [0.29, 0.717) is 11.8 Å². The van der Waals surface area contributed by atoms with E-state index in [0.717, 1.165) is 45.2 Å². The number of amides is 1. The van der Waals surface area contributed by atoms with Crippen molar-refractivity contribution in [2.24, 2.45) is 17.6 Å². The van der Waals surface area contributed by atoms with Gasteiger partial charge in [-0.15, -0.1) is 0 Å². The van der Waals surface area contributed by atoms with Gasteiger partial charge in [-0.25, -0.2) is 0 Å². The molecule has 0 aliphatic carbocycles. The van der Waals surface area contributed by atoms with Crippen molar-refractivity contribution >= 4 is 5.91 Å². The molecule has 0 unspecified atom stereocenters. The van der Waals surface area contributed by atoms with E-state index in [1.165, 1.54) is 0 Å². The summed E-state index contributed by atoms with van der Waals surface area (Å²) in [6, 6.07) is -0.306. The molecule has 1 amide bonds. The zero-order valence-corrected chi connectivity index (χ0v) is 13.6. The molecule has 0 aromatic rings. The van der Waals surface area contributed by atoms with Crippen molar-refractivity contribution < 1.29 is 4.79 Å². The lowest BCUT2D eigenvalue weighted by Crippen LogP contribution is -2.45. The molecular weight excluding hydrogens is 236 g/mol. The third-order valence-electron chi connectivity index (χ3n) is 3.45. The van der Waals surface area contributed by atoms with Crippen LogP contribution in [-0.4, -0.2) is 29.9 Å². The van der Waals surface area contributed by atoms with Crippen molar-refractivity contribution in [3.8, 4) is 0 Å². The Kier molecular flexibility index (Phi) is 9.94. The maximum Gasteiger partial charge on any atom is 0.239 e. The molecule has 19 heavy (non-hydrogen) atoms. The summed E-state index contributed by atoms with van der Waals surface area (Å²) in [5, 5.41) is 0. The van der Waals surface area contributed by atoms with Gasteiger partial charge in [0, 0.05) is 13.1 Å². The number of rotatable bonds is 10. The van der Waals surface area contributed by atoms with Crippen LogP contribution in [0.2, 0.25) is 0 Å². The Morgan fingerprint density at radius 3 is 1.84 bits per heavy atom. The number of hydrogen-bond acceptors (Lipinski definition) is 2. The second-order valence-corrected chi connectivity index (χ2v) is 6.44. The summed E-state index contributed by atoms with van der Waals surface area (Å²) >= 11 is 0. The van der Waals surface area contributed by atoms with Crippen molar-refractivity contribution in [2.45, 2.75) is 72.8 Å². The average molecular weight is 270 g/mol. The summed E-state index contributed by atoms with van der Waals surface area (Å²) in [5.41, 5.74) is 6.03.